The number of amides is 1. The van der Waals surface area contributed by atoms with Crippen LogP contribution in [0.5, 0.6) is 11.5 Å². The molecule has 0 saturated carbocycles. The summed E-state index contributed by atoms with van der Waals surface area (Å²) < 4.78 is 37.4. The van der Waals surface area contributed by atoms with Crippen LogP contribution in [0, 0.1) is 0 Å². The number of methoxy groups -OCH3 is 2. The van der Waals surface area contributed by atoms with E-state index in [1.54, 1.807) is 0 Å². The Bertz CT molecular complexity index is 659. The molecule has 1 unspecified atom stereocenters. The summed E-state index contributed by atoms with van der Waals surface area (Å²) in [5.74, 6) is 0.248. The summed E-state index contributed by atoms with van der Waals surface area (Å²) in [6.45, 7) is 0.256. The minimum Gasteiger partial charge on any atom is -0.495 e. The number of nitrogens with one attached hydrogen (secondary N) is 2. The lowest BCUT2D eigenvalue weighted by atomic mass is 10.3. The highest BCUT2D eigenvalue weighted by Gasteiger charge is 2.29. The maximum absolute atomic E-state index is 12.4. The zero-order valence-electron chi connectivity index (χ0n) is 11.7. The van der Waals surface area contributed by atoms with Gasteiger partial charge in [-0.25, -0.2) is 13.1 Å². The Labute approximate surface area is 122 Å². The van der Waals surface area contributed by atoms with E-state index in [1.807, 2.05) is 0 Å². The largest absolute Gasteiger partial charge is 0.495 e. The van der Waals surface area contributed by atoms with Crippen molar-refractivity contribution in [3.63, 3.8) is 0 Å². The van der Waals surface area contributed by atoms with Crippen molar-refractivity contribution in [1.29, 1.82) is 0 Å². The van der Waals surface area contributed by atoms with E-state index in [0.717, 1.165) is 0 Å². The van der Waals surface area contributed by atoms with Crippen molar-refractivity contribution in [2.45, 2.75) is 17.4 Å². The molecule has 1 aliphatic heterocycles. The van der Waals surface area contributed by atoms with Crippen molar-refractivity contribution in [2.75, 3.05) is 26.5 Å². The molecule has 4 N–H and O–H groups in total. The van der Waals surface area contributed by atoms with Gasteiger partial charge < -0.3 is 20.5 Å². The molecular weight excluding hydrogens is 298 g/mol. The predicted octanol–water partition coefficient (Wildman–Crippen LogP) is -0.547. The van der Waals surface area contributed by atoms with Gasteiger partial charge in [0.2, 0.25) is 15.9 Å². The lowest BCUT2D eigenvalue weighted by Crippen LogP contribution is -2.36. The first-order chi connectivity index (χ1) is 9.87. The number of carbonyl (C=O) groups excluding carboxylic acids is 1. The number of carbonyl (C=O) groups is 1. The summed E-state index contributed by atoms with van der Waals surface area (Å²) in [6.07, 6.45) is 0.104. The molecule has 0 radical (unpaired) electrons. The van der Waals surface area contributed by atoms with Crippen LogP contribution in [0.3, 0.4) is 0 Å². The molecule has 1 atom stereocenters. The van der Waals surface area contributed by atoms with Crippen LogP contribution in [-0.2, 0) is 14.8 Å². The van der Waals surface area contributed by atoms with Gasteiger partial charge in [-0.1, -0.05) is 0 Å². The van der Waals surface area contributed by atoms with Gasteiger partial charge in [0.05, 0.1) is 19.9 Å². The minimum absolute atomic E-state index is 0.0948. The topological polar surface area (TPSA) is 120 Å². The van der Waals surface area contributed by atoms with Gasteiger partial charge in [0, 0.05) is 25.1 Å². The van der Waals surface area contributed by atoms with Crippen LogP contribution >= 0.6 is 0 Å². The fourth-order valence-electron chi connectivity index (χ4n) is 2.07. The molecule has 1 saturated heterocycles. The van der Waals surface area contributed by atoms with E-state index in [4.69, 9.17) is 15.2 Å². The number of nitrogens with two attached hydrogens (primary N) is 1. The summed E-state index contributed by atoms with van der Waals surface area (Å²) in [6, 6.07) is 2.18. The number of ether oxygens (including phenoxy) is 2. The van der Waals surface area contributed by atoms with E-state index < -0.39 is 16.1 Å². The Morgan fingerprint density at radius 2 is 1.95 bits per heavy atom. The second kappa shape index (κ2) is 5.78. The van der Waals surface area contributed by atoms with Gasteiger partial charge in [0.25, 0.3) is 0 Å². The van der Waals surface area contributed by atoms with Crippen LogP contribution < -0.4 is 25.2 Å². The Balaban J connectivity index is 2.35. The lowest BCUT2D eigenvalue weighted by molar-refractivity contribution is -0.119. The first-order valence-corrected chi connectivity index (χ1v) is 7.66. The molecule has 1 amide bonds. The molecule has 8 nitrogen and oxygen atoms in total. The van der Waals surface area contributed by atoms with Crippen LogP contribution in [0.25, 0.3) is 0 Å². The molecule has 1 heterocycles. The number of hydrogen-bond acceptors (Lipinski definition) is 6. The molecule has 0 aliphatic carbocycles. The summed E-state index contributed by atoms with van der Waals surface area (Å²) in [5.41, 5.74) is 5.92. The Morgan fingerprint density at radius 3 is 2.48 bits per heavy atom. The van der Waals surface area contributed by atoms with Crippen LogP contribution in [0.2, 0.25) is 0 Å². The summed E-state index contributed by atoms with van der Waals surface area (Å²) in [5, 5.41) is 2.56. The Morgan fingerprint density at radius 1 is 1.29 bits per heavy atom. The van der Waals surface area contributed by atoms with E-state index >= 15 is 0 Å². The molecule has 116 valence electrons. The van der Waals surface area contributed by atoms with Crippen molar-refractivity contribution in [3.8, 4) is 11.5 Å². The zero-order valence-corrected chi connectivity index (χ0v) is 12.5. The van der Waals surface area contributed by atoms with Gasteiger partial charge in [-0.2, -0.15) is 0 Å². The highest BCUT2D eigenvalue weighted by molar-refractivity contribution is 7.89. The second-order valence-electron chi connectivity index (χ2n) is 4.57. The fourth-order valence-corrected chi connectivity index (χ4v) is 3.50. The second-order valence-corrected chi connectivity index (χ2v) is 6.25. The maximum atomic E-state index is 12.4. The first kappa shape index (κ1) is 15.4. The summed E-state index contributed by atoms with van der Waals surface area (Å²) >= 11 is 0. The SMILES string of the molecule is COc1cc(OC)c(S(=O)(=O)NC2CNC(=O)C2)cc1N. The van der Waals surface area contributed by atoms with Gasteiger partial charge >= 0.3 is 0 Å². The van der Waals surface area contributed by atoms with Gasteiger partial charge in [0.15, 0.2) is 0 Å². The quantitative estimate of drug-likeness (QED) is 0.627. The molecule has 1 aromatic carbocycles. The van der Waals surface area contributed by atoms with Crippen molar-refractivity contribution >= 4 is 21.6 Å². The van der Waals surface area contributed by atoms with Gasteiger partial charge in [-0.3, -0.25) is 4.79 Å². The number of anilines is 1. The van der Waals surface area contributed by atoms with Crippen molar-refractivity contribution < 1.29 is 22.7 Å². The molecule has 1 aliphatic rings. The van der Waals surface area contributed by atoms with Gasteiger partial charge in [0.1, 0.15) is 16.4 Å². The van der Waals surface area contributed by atoms with E-state index in [0.29, 0.717) is 5.75 Å². The predicted molar refractivity (Wildman–Crippen MR) is 75.7 cm³/mol. The number of sulfonamides is 1. The average Bonchev–Trinajstić information content (AvgIpc) is 2.83. The molecule has 9 heteroatoms. The number of rotatable bonds is 5. The zero-order chi connectivity index (χ0) is 15.6. The Kier molecular flexibility index (Phi) is 4.24. The first-order valence-electron chi connectivity index (χ1n) is 6.18. The molecule has 1 aromatic rings. The average molecular weight is 315 g/mol. The summed E-state index contributed by atoms with van der Waals surface area (Å²) in [7, 11) is -1.08. The summed E-state index contributed by atoms with van der Waals surface area (Å²) in [4.78, 5) is 11.0. The third-order valence-electron chi connectivity index (χ3n) is 3.10. The molecule has 2 rings (SSSR count). The van der Waals surface area contributed by atoms with Crippen molar-refractivity contribution in [2.24, 2.45) is 0 Å². The smallest absolute Gasteiger partial charge is 0.244 e. The number of benzene rings is 1. The maximum Gasteiger partial charge on any atom is 0.244 e. The molecule has 0 bridgehead atoms. The lowest BCUT2D eigenvalue weighted by Gasteiger charge is -2.15. The van der Waals surface area contributed by atoms with E-state index in [2.05, 4.69) is 10.0 Å². The Hall–Kier alpha value is -2.00. The monoisotopic (exact) mass is 315 g/mol. The van der Waals surface area contributed by atoms with Crippen molar-refractivity contribution in [1.82, 2.24) is 10.0 Å². The van der Waals surface area contributed by atoms with Crippen LogP contribution in [0.4, 0.5) is 5.69 Å². The van der Waals surface area contributed by atoms with E-state index in [1.165, 1.54) is 26.4 Å². The standard InChI is InChI=1S/C12H17N3O5S/c1-19-9-5-10(20-2)11(4-8(9)13)21(17,18)15-7-3-12(16)14-6-7/h4-5,7,15H,3,6,13H2,1-2H3,(H,14,16). The highest BCUT2D eigenvalue weighted by atomic mass is 32.2. The van der Waals surface area contributed by atoms with Crippen LogP contribution in [0.1, 0.15) is 6.42 Å². The van der Waals surface area contributed by atoms with Crippen molar-refractivity contribution in [3.05, 3.63) is 12.1 Å². The molecular formula is C12H17N3O5S. The fraction of sp³-hybridized carbons (Fsp3) is 0.417. The third-order valence-corrected chi connectivity index (χ3v) is 4.65. The number of hydrogen-bond donors (Lipinski definition) is 3. The van der Waals surface area contributed by atoms with Gasteiger partial charge in [-0.15, -0.1) is 0 Å². The highest BCUT2D eigenvalue weighted by Crippen LogP contribution is 2.33. The van der Waals surface area contributed by atoms with Crippen LogP contribution in [-0.4, -0.2) is 41.1 Å². The van der Waals surface area contributed by atoms with E-state index in [9.17, 15) is 13.2 Å². The number of nitrogen functional groups attached to an aromatic ring is 1. The third kappa shape index (κ3) is 3.19. The minimum atomic E-state index is -3.86. The molecule has 21 heavy (non-hydrogen) atoms. The van der Waals surface area contributed by atoms with Crippen LogP contribution in [0.15, 0.2) is 17.0 Å². The van der Waals surface area contributed by atoms with E-state index in [-0.39, 0.29) is 35.2 Å². The molecule has 0 aromatic heterocycles. The molecule has 1 fully saturated rings. The molecule has 0 spiro atoms. The van der Waals surface area contributed by atoms with Gasteiger partial charge in [-0.05, 0) is 6.07 Å². The normalized spacial score (nSPS) is 18.4.